The molecule has 1 amide bonds. The largest absolute Gasteiger partial charge is 0.283 e. The van der Waals surface area contributed by atoms with Crippen molar-refractivity contribution < 1.29 is 13.2 Å². The Bertz CT molecular complexity index is 732. The van der Waals surface area contributed by atoms with Gasteiger partial charge in [-0.2, -0.15) is 8.42 Å². The molecule has 3 rings (SSSR count). The maximum Gasteiger partial charge on any atom is 0.283 e. The highest BCUT2D eigenvalue weighted by molar-refractivity contribution is 7.90. The number of fused-ring (bicyclic) bond motifs is 1. The molecule has 2 aromatic heterocycles. The van der Waals surface area contributed by atoms with Gasteiger partial charge in [-0.3, -0.25) is 9.78 Å². The Labute approximate surface area is 119 Å². The molecule has 0 bridgehead atoms. The number of hydrogen-bond acceptors (Lipinski definition) is 6. The number of aromatic nitrogens is 2. The van der Waals surface area contributed by atoms with Crippen LogP contribution in [-0.4, -0.2) is 24.3 Å². The molecule has 104 valence electrons. The first-order chi connectivity index (χ1) is 9.56. The van der Waals surface area contributed by atoms with E-state index < -0.39 is 15.9 Å². The summed E-state index contributed by atoms with van der Waals surface area (Å²) in [6.07, 6.45) is 6.74. The molecule has 2 heterocycles. The van der Waals surface area contributed by atoms with Crippen molar-refractivity contribution in [3.05, 3.63) is 40.0 Å². The SMILES string of the molecule is O=C(NS(=O)(=O)c1cnccn1)c1cc2c(s1)CCC2. The highest BCUT2D eigenvalue weighted by Crippen LogP contribution is 2.30. The lowest BCUT2D eigenvalue weighted by Crippen LogP contribution is -2.30. The fourth-order valence-corrected chi connectivity index (χ4v) is 4.16. The quantitative estimate of drug-likeness (QED) is 0.918. The van der Waals surface area contributed by atoms with Crippen molar-refractivity contribution in [2.24, 2.45) is 0 Å². The Morgan fingerprint density at radius 3 is 2.85 bits per heavy atom. The van der Waals surface area contributed by atoms with E-state index in [0.29, 0.717) is 4.88 Å². The Balaban J connectivity index is 1.82. The first kappa shape index (κ1) is 13.2. The smallest absolute Gasteiger partial charge is 0.267 e. The lowest BCUT2D eigenvalue weighted by Gasteiger charge is -2.04. The molecule has 0 aliphatic heterocycles. The van der Waals surface area contributed by atoms with Gasteiger partial charge in [-0.1, -0.05) is 0 Å². The molecular formula is C12H11N3O3S2. The molecule has 0 unspecified atom stereocenters. The molecule has 1 aliphatic rings. The summed E-state index contributed by atoms with van der Waals surface area (Å²) in [7, 11) is -3.97. The van der Waals surface area contributed by atoms with Crippen LogP contribution < -0.4 is 4.72 Å². The van der Waals surface area contributed by atoms with Gasteiger partial charge < -0.3 is 0 Å². The minimum Gasteiger partial charge on any atom is -0.267 e. The molecule has 6 nitrogen and oxygen atoms in total. The van der Waals surface area contributed by atoms with Gasteiger partial charge in [0.25, 0.3) is 15.9 Å². The zero-order chi connectivity index (χ0) is 14.2. The molecule has 20 heavy (non-hydrogen) atoms. The maximum atomic E-state index is 12.0. The Hall–Kier alpha value is -1.80. The van der Waals surface area contributed by atoms with Crippen LogP contribution in [0.1, 0.15) is 26.5 Å². The molecular weight excluding hydrogens is 298 g/mol. The lowest BCUT2D eigenvalue weighted by atomic mass is 10.2. The highest BCUT2D eigenvalue weighted by Gasteiger charge is 2.23. The number of carbonyl (C=O) groups excluding carboxylic acids is 1. The maximum absolute atomic E-state index is 12.0. The van der Waals surface area contributed by atoms with Gasteiger partial charge in [0.15, 0.2) is 5.03 Å². The van der Waals surface area contributed by atoms with E-state index in [2.05, 4.69) is 9.97 Å². The first-order valence-electron chi connectivity index (χ1n) is 6.01. The van der Waals surface area contributed by atoms with Crippen molar-refractivity contribution in [3.63, 3.8) is 0 Å². The molecule has 0 fully saturated rings. The third-order valence-corrected chi connectivity index (χ3v) is 5.46. The number of nitrogens with zero attached hydrogens (tertiary/aromatic N) is 2. The number of nitrogens with one attached hydrogen (secondary N) is 1. The van der Waals surface area contributed by atoms with Gasteiger partial charge in [0.05, 0.1) is 11.1 Å². The summed E-state index contributed by atoms with van der Waals surface area (Å²) in [5.74, 6) is -0.616. The van der Waals surface area contributed by atoms with Crippen LogP contribution in [0.25, 0.3) is 0 Å². The number of carbonyl (C=O) groups is 1. The van der Waals surface area contributed by atoms with Crippen LogP contribution in [0.15, 0.2) is 29.7 Å². The second-order valence-corrected chi connectivity index (χ2v) is 7.16. The Kier molecular flexibility index (Phi) is 3.27. The Morgan fingerprint density at radius 1 is 1.30 bits per heavy atom. The van der Waals surface area contributed by atoms with Crippen LogP contribution in [-0.2, 0) is 22.9 Å². The molecule has 1 aliphatic carbocycles. The molecule has 8 heteroatoms. The van der Waals surface area contributed by atoms with E-state index in [-0.39, 0.29) is 5.03 Å². The van der Waals surface area contributed by atoms with Gasteiger partial charge in [-0.15, -0.1) is 11.3 Å². The van der Waals surface area contributed by atoms with E-state index in [9.17, 15) is 13.2 Å². The molecule has 2 aromatic rings. The molecule has 0 radical (unpaired) electrons. The van der Waals surface area contributed by atoms with Crippen LogP contribution in [0.4, 0.5) is 0 Å². The topological polar surface area (TPSA) is 89.0 Å². The standard InChI is InChI=1S/C12H11N3O3S2/c16-12(10-6-8-2-1-3-9(8)19-10)15-20(17,18)11-7-13-4-5-14-11/h4-7H,1-3H2,(H,15,16). The van der Waals surface area contributed by atoms with Crippen molar-refractivity contribution in [2.45, 2.75) is 24.3 Å². The summed E-state index contributed by atoms with van der Waals surface area (Å²) >= 11 is 1.35. The second-order valence-electron chi connectivity index (χ2n) is 4.39. The monoisotopic (exact) mass is 309 g/mol. The van der Waals surface area contributed by atoms with Crippen LogP contribution in [0.5, 0.6) is 0 Å². The van der Waals surface area contributed by atoms with E-state index in [1.54, 1.807) is 6.07 Å². The average Bonchev–Trinajstić information content (AvgIpc) is 3.00. The number of hydrogen-bond donors (Lipinski definition) is 1. The van der Waals surface area contributed by atoms with Gasteiger partial charge in [0.2, 0.25) is 0 Å². The summed E-state index contributed by atoms with van der Waals surface area (Å²) < 4.78 is 25.9. The number of sulfonamides is 1. The predicted octanol–water partition coefficient (Wildman–Crippen LogP) is 1.15. The van der Waals surface area contributed by atoms with Crippen LogP contribution in [0.3, 0.4) is 0 Å². The minimum atomic E-state index is -3.97. The molecule has 1 N–H and O–H groups in total. The third-order valence-electron chi connectivity index (χ3n) is 3.01. The predicted molar refractivity (Wildman–Crippen MR) is 73.0 cm³/mol. The molecule has 0 spiro atoms. The number of thiophene rings is 1. The van der Waals surface area contributed by atoms with E-state index in [4.69, 9.17) is 0 Å². The molecule has 0 saturated carbocycles. The van der Waals surface area contributed by atoms with Gasteiger partial charge >= 0.3 is 0 Å². The summed E-state index contributed by atoms with van der Waals surface area (Å²) in [6.45, 7) is 0. The summed E-state index contributed by atoms with van der Waals surface area (Å²) in [5, 5.41) is -0.266. The van der Waals surface area contributed by atoms with E-state index in [1.807, 2.05) is 4.72 Å². The van der Waals surface area contributed by atoms with Gasteiger partial charge in [0, 0.05) is 17.3 Å². The lowest BCUT2D eigenvalue weighted by molar-refractivity contribution is 0.0985. The van der Waals surface area contributed by atoms with Gasteiger partial charge in [-0.25, -0.2) is 9.71 Å². The van der Waals surface area contributed by atoms with Crippen molar-refractivity contribution in [2.75, 3.05) is 0 Å². The van der Waals surface area contributed by atoms with Crippen LogP contribution in [0, 0.1) is 0 Å². The van der Waals surface area contributed by atoms with Crippen molar-refractivity contribution >= 4 is 27.3 Å². The first-order valence-corrected chi connectivity index (χ1v) is 8.31. The average molecular weight is 309 g/mol. The normalized spacial score (nSPS) is 14.0. The van der Waals surface area contributed by atoms with E-state index >= 15 is 0 Å². The highest BCUT2D eigenvalue weighted by atomic mass is 32.2. The number of amides is 1. The summed E-state index contributed by atoms with van der Waals surface area (Å²) in [6, 6.07) is 1.77. The van der Waals surface area contributed by atoms with E-state index in [1.165, 1.54) is 28.6 Å². The van der Waals surface area contributed by atoms with Crippen molar-refractivity contribution in [1.82, 2.24) is 14.7 Å². The second kappa shape index (κ2) is 4.95. The summed E-state index contributed by atoms with van der Waals surface area (Å²) in [4.78, 5) is 21.0. The Morgan fingerprint density at radius 2 is 2.15 bits per heavy atom. The number of aryl methyl sites for hydroxylation is 2. The van der Waals surface area contributed by atoms with Crippen molar-refractivity contribution in [3.8, 4) is 0 Å². The fraction of sp³-hybridized carbons (Fsp3) is 0.250. The third kappa shape index (κ3) is 2.44. The fourth-order valence-electron chi connectivity index (χ4n) is 2.09. The molecule has 0 aromatic carbocycles. The molecule has 0 saturated heterocycles. The minimum absolute atomic E-state index is 0.266. The zero-order valence-corrected chi connectivity index (χ0v) is 12.0. The van der Waals surface area contributed by atoms with E-state index in [0.717, 1.165) is 31.0 Å². The molecule has 0 atom stereocenters. The zero-order valence-electron chi connectivity index (χ0n) is 10.4. The van der Waals surface area contributed by atoms with Gasteiger partial charge in [0.1, 0.15) is 0 Å². The summed E-state index contributed by atoms with van der Waals surface area (Å²) in [5.41, 5.74) is 1.15. The van der Waals surface area contributed by atoms with Crippen LogP contribution in [0.2, 0.25) is 0 Å². The number of rotatable bonds is 3. The van der Waals surface area contributed by atoms with Crippen molar-refractivity contribution in [1.29, 1.82) is 0 Å². The van der Waals surface area contributed by atoms with Gasteiger partial charge in [-0.05, 0) is 30.9 Å². The van der Waals surface area contributed by atoms with Crippen LogP contribution >= 0.6 is 11.3 Å².